The maximum atomic E-state index is 12.9. The predicted molar refractivity (Wildman–Crippen MR) is 70.3 cm³/mol. The van der Waals surface area contributed by atoms with E-state index in [2.05, 4.69) is 16.2 Å². The number of hydrogen-bond acceptors (Lipinski definition) is 4. The second kappa shape index (κ2) is 6.89. The summed E-state index contributed by atoms with van der Waals surface area (Å²) in [6, 6.07) is 2.91. The number of fused-ring (bicyclic) bond motifs is 1. The Kier molecular flexibility index (Phi) is 5.50. The van der Waals surface area contributed by atoms with Crippen molar-refractivity contribution in [1.29, 1.82) is 10.9 Å². The van der Waals surface area contributed by atoms with E-state index in [0.717, 1.165) is 24.9 Å². The first-order valence-corrected chi connectivity index (χ1v) is 5.86. The van der Waals surface area contributed by atoms with E-state index < -0.39 is 12.3 Å². The van der Waals surface area contributed by atoms with Gasteiger partial charge in [-0.3, -0.25) is 5.41 Å². The van der Waals surface area contributed by atoms with Gasteiger partial charge in [0.05, 0.1) is 0 Å². The maximum absolute atomic E-state index is 12.9. The van der Waals surface area contributed by atoms with Crippen molar-refractivity contribution < 1.29 is 8.78 Å². The zero-order valence-corrected chi connectivity index (χ0v) is 10.6. The number of amidine groups is 1. The monoisotopic (exact) mass is 269 g/mol. The largest absolute Gasteiger partial charge is 0.385 e. The lowest BCUT2D eigenvalue weighted by molar-refractivity contribution is 0.151. The first kappa shape index (κ1) is 15.2. The zero-order valence-electron chi connectivity index (χ0n) is 10.6. The minimum Gasteiger partial charge on any atom is -0.385 e. The van der Waals surface area contributed by atoms with Crippen molar-refractivity contribution in [3.8, 4) is 0 Å². The minimum absolute atomic E-state index is 0.0532. The molecule has 0 fully saturated rings. The molecule has 0 aromatic heterocycles. The van der Waals surface area contributed by atoms with E-state index in [1.807, 2.05) is 0 Å². The summed E-state index contributed by atoms with van der Waals surface area (Å²) in [5, 5.41) is 13.4. The second-order valence-corrected chi connectivity index (χ2v) is 3.89. The number of nitrogens with zero attached hydrogens (tertiary/aromatic N) is 1. The molecule has 0 saturated heterocycles. The molecule has 0 spiro atoms. The highest BCUT2D eigenvalue weighted by molar-refractivity contribution is 5.98. The van der Waals surface area contributed by atoms with Gasteiger partial charge in [0.1, 0.15) is 0 Å². The lowest BCUT2D eigenvalue weighted by Crippen LogP contribution is -2.14. The molecule has 0 radical (unpaired) electrons. The van der Waals surface area contributed by atoms with E-state index in [4.69, 9.17) is 10.9 Å². The molecule has 0 amide bonds. The summed E-state index contributed by atoms with van der Waals surface area (Å²) >= 11 is 0. The smallest absolute Gasteiger partial charge is 0.264 e. The van der Waals surface area contributed by atoms with Crippen LogP contribution in [0.1, 0.15) is 29.5 Å². The van der Waals surface area contributed by atoms with E-state index in [1.165, 1.54) is 13.1 Å². The molecule has 19 heavy (non-hydrogen) atoms. The van der Waals surface area contributed by atoms with E-state index in [0.29, 0.717) is 5.69 Å². The number of anilines is 1. The van der Waals surface area contributed by atoms with Crippen molar-refractivity contribution in [1.82, 2.24) is 0 Å². The lowest BCUT2D eigenvalue weighted by atomic mass is 9.96. The van der Waals surface area contributed by atoms with Gasteiger partial charge in [0.2, 0.25) is 0 Å². The van der Waals surface area contributed by atoms with Crippen LogP contribution < -0.4 is 11.1 Å². The molecule has 1 aliphatic heterocycles. The molecular formula is C12H17F2N5. The molecule has 0 saturated carbocycles. The summed E-state index contributed by atoms with van der Waals surface area (Å²) in [7, 11) is 1.50. The van der Waals surface area contributed by atoms with Gasteiger partial charge in [-0.1, -0.05) is 0 Å². The van der Waals surface area contributed by atoms with Crippen LogP contribution in [0.3, 0.4) is 0 Å². The number of nitrogens with two attached hydrogens (primary N) is 1. The SMILES string of the molecule is CN.N=NC(=N)c1cc2c(cc1C(F)F)NCCC2. The fraction of sp³-hybridized carbons (Fsp3) is 0.417. The fourth-order valence-electron chi connectivity index (χ4n) is 1.98. The third kappa shape index (κ3) is 3.31. The summed E-state index contributed by atoms with van der Waals surface area (Å²) in [4.78, 5) is 0. The number of benzene rings is 1. The van der Waals surface area contributed by atoms with Gasteiger partial charge in [0, 0.05) is 23.4 Å². The van der Waals surface area contributed by atoms with Gasteiger partial charge < -0.3 is 11.1 Å². The normalized spacial score (nSPS) is 12.9. The zero-order chi connectivity index (χ0) is 14.4. The average Bonchev–Trinajstić information content (AvgIpc) is 2.47. The summed E-state index contributed by atoms with van der Waals surface area (Å²) in [5.41, 5.74) is 12.7. The molecule has 1 aromatic rings. The number of rotatable bonds is 2. The predicted octanol–water partition coefficient (Wildman–Crippen LogP) is 2.91. The van der Waals surface area contributed by atoms with E-state index in [9.17, 15) is 8.78 Å². The molecule has 0 atom stereocenters. The topological polar surface area (TPSA) is 98.1 Å². The van der Waals surface area contributed by atoms with Crippen LogP contribution in [0, 0.1) is 10.9 Å². The summed E-state index contributed by atoms with van der Waals surface area (Å²) in [5.74, 6) is -0.423. The number of hydrogen-bond donors (Lipinski definition) is 4. The van der Waals surface area contributed by atoms with Crippen LogP contribution in [-0.4, -0.2) is 19.4 Å². The third-order valence-electron chi connectivity index (χ3n) is 2.82. The Labute approximate surface area is 110 Å². The Balaban J connectivity index is 0.000000861. The Morgan fingerprint density at radius 1 is 1.42 bits per heavy atom. The van der Waals surface area contributed by atoms with Crippen LogP contribution in [-0.2, 0) is 6.42 Å². The molecule has 7 heteroatoms. The number of aryl methyl sites for hydroxylation is 1. The molecule has 1 heterocycles. The quantitative estimate of drug-likeness (QED) is 0.377. The molecular weight excluding hydrogens is 252 g/mol. The Hall–Kier alpha value is -1.89. The summed E-state index contributed by atoms with van der Waals surface area (Å²) in [6.07, 6.45) is -0.934. The van der Waals surface area contributed by atoms with Gasteiger partial charge in [-0.2, -0.15) is 0 Å². The molecule has 0 bridgehead atoms. The summed E-state index contributed by atoms with van der Waals surface area (Å²) in [6.45, 7) is 0.773. The molecule has 1 aliphatic rings. The number of halogens is 2. The highest BCUT2D eigenvalue weighted by Gasteiger charge is 2.20. The second-order valence-electron chi connectivity index (χ2n) is 3.89. The van der Waals surface area contributed by atoms with Crippen LogP contribution in [0.25, 0.3) is 0 Å². The lowest BCUT2D eigenvalue weighted by Gasteiger charge is -2.20. The van der Waals surface area contributed by atoms with Crippen molar-refractivity contribution in [2.24, 2.45) is 10.8 Å². The van der Waals surface area contributed by atoms with Crippen LogP contribution in [0.2, 0.25) is 0 Å². The Morgan fingerprint density at radius 3 is 2.68 bits per heavy atom. The van der Waals surface area contributed by atoms with Crippen molar-refractivity contribution in [3.63, 3.8) is 0 Å². The van der Waals surface area contributed by atoms with Crippen molar-refractivity contribution in [2.45, 2.75) is 19.3 Å². The molecule has 5 N–H and O–H groups in total. The van der Waals surface area contributed by atoms with E-state index in [-0.39, 0.29) is 11.1 Å². The summed E-state index contributed by atoms with van der Waals surface area (Å²) < 4.78 is 25.7. The first-order valence-electron chi connectivity index (χ1n) is 5.86. The number of alkyl halides is 2. The molecule has 1 aromatic carbocycles. The van der Waals surface area contributed by atoms with E-state index >= 15 is 0 Å². The first-order chi connectivity index (χ1) is 9.13. The van der Waals surface area contributed by atoms with Crippen LogP contribution in [0.5, 0.6) is 0 Å². The van der Waals surface area contributed by atoms with Gasteiger partial charge in [-0.05, 0) is 37.6 Å². The van der Waals surface area contributed by atoms with Gasteiger partial charge in [0.25, 0.3) is 6.43 Å². The molecule has 0 unspecified atom stereocenters. The van der Waals surface area contributed by atoms with Gasteiger partial charge >= 0.3 is 0 Å². The molecule has 0 aliphatic carbocycles. The molecule has 5 nitrogen and oxygen atoms in total. The van der Waals surface area contributed by atoms with Crippen molar-refractivity contribution in [3.05, 3.63) is 28.8 Å². The van der Waals surface area contributed by atoms with Crippen LogP contribution in [0.15, 0.2) is 17.2 Å². The Bertz CT molecular complexity index is 473. The van der Waals surface area contributed by atoms with Gasteiger partial charge in [-0.25, -0.2) is 14.3 Å². The maximum Gasteiger partial charge on any atom is 0.264 e. The Morgan fingerprint density at radius 2 is 2.11 bits per heavy atom. The standard InChI is InChI=1S/C11H12F2N4.CH5N/c12-10(13)7-5-9-6(2-1-3-16-9)4-8(7)11(14)17-15;1-2/h4-5,10,14-16H,1-3H2;2H2,1H3. The molecule has 104 valence electrons. The minimum atomic E-state index is -2.67. The number of nitrogens with one attached hydrogen (secondary N) is 3. The highest BCUT2D eigenvalue weighted by Crippen LogP contribution is 2.31. The molecule has 2 rings (SSSR count). The van der Waals surface area contributed by atoms with Crippen LogP contribution >= 0.6 is 0 Å². The fourth-order valence-corrected chi connectivity index (χ4v) is 1.98. The van der Waals surface area contributed by atoms with Crippen LogP contribution in [0.4, 0.5) is 14.5 Å². The van der Waals surface area contributed by atoms with Gasteiger partial charge in [-0.15, -0.1) is 5.11 Å². The highest BCUT2D eigenvalue weighted by atomic mass is 19.3. The van der Waals surface area contributed by atoms with E-state index in [1.54, 1.807) is 6.07 Å². The average molecular weight is 269 g/mol. The van der Waals surface area contributed by atoms with Crippen molar-refractivity contribution in [2.75, 3.05) is 18.9 Å². The van der Waals surface area contributed by atoms with Gasteiger partial charge in [0.15, 0.2) is 5.84 Å². The third-order valence-corrected chi connectivity index (χ3v) is 2.82. The van der Waals surface area contributed by atoms with Crippen molar-refractivity contribution >= 4 is 11.5 Å².